The predicted molar refractivity (Wildman–Crippen MR) is 80.6 cm³/mol. The largest absolute Gasteiger partial charge is 0.488 e. The summed E-state index contributed by atoms with van der Waals surface area (Å²) in [4.78, 5) is 0. The van der Waals surface area contributed by atoms with Gasteiger partial charge < -0.3 is 9.84 Å². The average Bonchev–Trinajstić information content (AvgIpc) is 2.47. The fourth-order valence-corrected chi connectivity index (χ4v) is 2.08. The Balaban J connectivity index is 2.17. The first kappa shape index (κ1) is 15.1. The zero-order valence-electron chi connectivity index (χ0n) is 12.1. The number of ether oxygens (including phenoxy) is 1. The fourth-order valence-electron chi connectivity index (χ4n) is 2.08. The van der Waals surface area contributed by atoms with Crippen LogP contribution in [-0.4, -0.2) is 11.7 Å². The van der Waals surface area contributed by atoms with Crippen molar-refractivity contribution in [3.63, 3.8) is 0 Å². The molecule has 0 atom stereocenters. The molecule has 0 amide bonds. The van der Waals surface area contributed by atoms with Gasteiger partial charge in [0.25, 0.3) is 0 Å². The molecule has 0 unspecified atom stereocenters. The Morgan fingerprint density at radius 3 is 2.52 bits per heavy atom. The third-order valence-electron chi connectivity index (χ3n) is 3.12. The van der Waals surface area contributed by atoms with E-state index >= 15 is 0 Å². The fraction of sp³-hybridized carbons (Fsp3) is 0.222. The molecule has 3 heteroatoms. The summed E-state index contributed by atoms with van der Waals surface area (Å²) in [6.07, 6.45) is 0. The maximum absolute atomic E-state index is 13.6. The topological polar surface area (TPSA) is 29.5 Å². The van der Waals surface area contributed by atoms with E-state index in [0.29, 0.717) is 6.61 Å². The van der Waals surface area contributed by atoms with E-state index in [1.54, 1.807) is 12.1 Å². The second-order valence-corrected chi connectivity index (χ2v) is 4.78. The summed E-state index contributed by atoms with van der Waals surface area (Å²) in [7, 11) is 0. The third kappa shape index (κ3) is 3.84. The van der Waals surface area contributed by atoms with Crippen LogP contribution in [0.15, 0.2) is 36.4 Å². The molecule has 0 radical (unpaired) electrons. The Morgan fingerprint density at radius 2 is 1.86 bits per heavy atom. The highest BCUT2D eigenvalue weighted by atomic mass is 19.1. The third-order valence-corrected chi connectivity index (χ3v) is 3.12. The van der Waals surface area contributed by atoms with Gasteiger partial charge in [-0.25, -0.2) is 4.39 Å². The summed E-state index contributed by atoms with van der Waals surface area (Å²) in [5, 5.41) is 8.68. The van der Waals surface area contributed by atoms with E-state index in [0.717, 1.165) is 22.4 Å². The number of aryl methyl sites for hydroxylation is 2. The van der Waals surface area contributed by atoms with Crippen LogP contribution in [0, 0.1) is 31.5 Å². The molecule has 0 saturated heterocycles. The summed E-state index contributed by atoms with van der Waals surface area (Å²) in [5.41, 5.74) is 3.24. The zero-order valence-corrected chi connectivity index (χ0v) is 12.1. The lowest BCUT2D eigenvalue weighted by Crippen LogP contribution is -2.00. The molecule has 0 heterocycles. The van der Waals surface area contributed by atoms with Gasteiger partial charge in [0.05, 0.1) is 5.56 Å². The monoisotopic (exact) mass is 284 g/mol. The summed E-state index contributed by atoms with van der Waals surface area (Å²) >= 11 is 0. The van der Waals surface area contributed by atoms with Crippen LogP contribution in [0.3, 0.4) is 0 Å². The van der Waals surface area contributed by atoms with Crippen molar-refractivity contribution in [2.45, 2.75) is 20.5 Å². The highest BCUT2D eigenvalue weighted by Crippen LogP contribution is 2.23. The van der Waals surface area contributed by atoms with Gasteiger partial charge in [0, 0.05) is 0 Å². The van der Waals surface area contributed by atoms with E-state index in [1.165, 1.54) is 6.07 Å². The summed E-state index contributed by atoms with van der Waals surface area (Å²) in [5.74, 6) is 5.50. The van der Waals surface area contributed by atoms with Crippen molar-refractivity contribution in [1.82, 2.24) is 0 Å². The molecule has 2 rings (SSSR count). The Labute approximate surface area is 124 Å². The molecular weight excluding hydrogens is 267 g/mol. The van der Waals surface area contributed by atoms with Crippen molar-refractivity contribution in [2.24, 2.45) is 0 Å². The van der Waals surface area contributed by atoms with Crippen molar-refractivity contribution in [3.8, 4) is 17.6 Å². The Kier molecular flexibility index (Phi) is 4.97. The van der Waals surface area contributed by atoms with Crippen molar-refractivity contribution >= 4 is 0 Å². The molecule has 0 bridgehead atoms. The number of aliphatic hydroxyl groups is 1. The van der Waals surface area contributed by atoms with E-state index in [1.807, 2.05) is 32.0 Å². The molecule has 0 aliphatic heterocycles. The van der Waals surface area contributed by atoms with Gasteiger partial charge in [-0.15, -0.1) is 0 Å². The van der Waals surface area contributed by atoms with Gasteiger partial charge >= 0.3 is 0 Å². The first-order chi connectivity index (χ1) is 10.1. The molecule has 0 saturated carbocycles. The number of benzene rings is 2. The molecule has 0 fully saturated rings. The van der Waals surface area contributed by atoms with Gasteiger partial charge in [0.15, 0.2) is 0 Å². The van der Waals surface area contributed by atoms with E-state index in [2.05, 4.69) is 11.8 Å². The molecule has 0 aromatic heterocycles. The number of aliphatic hydroxyl groups excluding tert-OH is 1. The number of hydrogen-bond acceptors (Lipinski definition) is 2. The van der Waals surface area contributed by atoms with Crippen LogP contribution in [0.5, 0.6) is 5.75 Å². The maximum Gasteiger partial charge on any atom is 0.138 e. The van der Waals surface area contributed by atoms with Gasteiger partial charge in [0.1, 0.15) is 24.8 Å². The summed E-state index contributed by atoms with van der Waals surface area (Å²) in [6.45, 7) is 4.04. The van der Waals surface area contributed by atoms with Crippen LogP contribution in [0.4, 0.5) is 4.39 Å². The Morgan fingerprint density at radius 1 is 1.14 bits per heavy atom. The van der Waals surface area contributed by atoms with E-state index < -0.39 is 5.82 Å². The van der Waals surface area contributed by atoms with Crippen LogP contribution >= 0.6 is 0 Å². The standard InChI is InChI=1S/C18H17FO2/c1-13-5-3-6-14(2)18(13)21-12-15-8-9-17(19)16(11-15)7-4-10-20/h3,5-6,8-9,11,20H,10,12H2,1-2H3. The quantitative estimate of drug-likeness (QED) is 0.876. The van der Waals surface area contributed by atoms with Crippen molar-refractivity contribution in [1.29, 1.82) is 0 Å². The number of para-hydroxylation sites is 1. The summed E-state index contributed by atoms with van der Waals surface area (Å²) < 4.78 is 19.4. The molecular formula is C18H17FO2. The molecule has 0 aliphatic carbocycles. The van der Waals surface area contributed by atoms with Crippen LogP contribution in [0.2, 0.25) is 0 Å². The zero-order chi connectivity index (χ0) is 15.2. The molecule has 2 aromatic rings. The minimum atomic E-state index is -0.397. The molecule has 108 valence electrons. The SMILES string of the molecule is Cc1cccc(C)c1OCc1ccc(F)c(C#CCO)c1. The van der Waals surface area contributed by atoms with Crippen LogP contribution in [-0.2, 0) is 6.61 Å². The Bertz CT molecular complexity index is 676. The lowest BCUT2D eigenvalue weighted by Gasteiger charge is -2.12. The number of hydrogen-bond donors (Lipinski definition) is 1. The van der Waals surface area contributed by atoms with Gasteiger partial charge in [-0.3, -0.25) is 0 Å². The second kappa shape index (κ2) is 6.92. The maximum atomic E-state index is 13.6. The van der Waals surface area contributed by atoms with Gasteiger partial charge in [0.2, 0.25) is 0 Å². The molecule has 1 N–H and O–H groups in total. The molecule has 2 nitrogen and oxygen atoms in total. The van der Waals surface area contributed by atoms with E-state index in [-0.39, 0.29) is 12.2 Å². The predicted octanol–water partition coefficient (Wildman–Crippen LogP) is 3.37. The number of rotatable bonds is 3. The molecule has 2 aromatic carbocycles. The van der Waals surface area contributed by atoms with Gasteiger partial charge in [-0.05, 0) is 42.7 Å². The minimum absolute atomic E-state index is 0.270. The lowest BCUT2D eigenvalue weighted by atomic mass is 10.1. The van der Waals surface area contributed by atoms with Gasteiger partial charge in [-0.2, -0.15) is 0 Å². The first-order valence-electron chi connectivity index (χ1n) is 6.69. The average molecular weight is 284 g/mol. The smallest absolute Gasteiger partial charge is 0.138 e. The van der Waals surface area contributed by atoms with Crippen molar-refractivity contribution < 1.29 is 14.2 Å². The normalized spacial score (nSPS) is 9.90. The van der Waals surface area contributed by atoms with Crippen molar-refractivity contribution in [2.75, 3.05) is 6.61 Å². The van der Waals surface area contributed by atoms with Crippen LogP contribution in [0.25, 0.3) is 0 Å². The minimum Gasteiger partial charge on any atom is -0.488 e. The van der Waals surface area contributed by atoms with Gasteiger partial charge in [-0.1, -0.05) is 36.1 Å². The Hall–Kier alpha value is -2.31. The molecule has 0 aliphatic rings. The molecule has 21 heavy (non-hydrogen) atoms. The van der Waals surface area contributed by atoms with E-state index in [4.69, 9.17) is 9.84 Å². The highest BCUT2D eigenvalue weighted by molar-refractivity contribution is 5.41. The van der Waals surface area contributed by atoms with Crippen LogP contribution in [0.1, 0.15) is 22.3 Å². The van der Waals surface area contributed by atoms with Crippen molar-refractivity contribution in [3.05, 3.63) is 64.5 Å². The van der Waals surface area contributed by atoms with E-state index in [9.17, 15) is 4.39 Å². The highest BCUT2D eigenvalue weighted by Gasteiger charge is 2.05. The van der Waals surface area contributed by atoms with Crippen LogP contribution < -0.4 is 4.74 Å². The summed E-state index contributed by atoms with van der Waals surface area (Å²) in [6, 6.07) is 10.7. The molecule has 0 spiro atoms. The second-order valence-electron chi connectivity index (χ2n) is 4.78. The number of halogens is 1. The first-order valence-corrected chi connectivity index (χ1v) is 6.69. The lowest BCUT2D eigenvalue weighted by molar-refractivity contribution is 0.302.